The van der Waals surface area contributed by atoms with Crippen LogP contribution in [0.5, 0.6) is 0 Å². The lowest BCUT2D eigenvalue weighted by atomic mass is 10.2. The lowest BCUT2D eigenvalue weighted by Gasteiger charge is -2.11. The number of hydrogen-bond acceptors (Lipinski definition) is 5. The van der Waals surface area contributed by atoms with Gasteiger partial charge in [0.15, 0.2) is 0 Å². The second-order valence-corrected chi connectivity index (χ2v) is 5.35. The van der Waals surface area contributed by atoms with Gasteiger partial charge in [-0.1, -0.05) is 5.16 Å². The summed E-state index contributed by atoms with van der Waals surface area (Å²) in [6, 6.07) is -0.357. The predicted octanol–water partition coefficient (Wildman–Crippen LogP) is 1.50. The molecule has 2 N–H and O–H groups in total. The summed E-state index contributed by atoms with van der Waals surface area (Å²) in [6.07, 6.45) is -0.0692. The number of thioether (sulfide) groups is 1. The topological polar surface area (TPSA) is 92.4 Å². The number of carboxylic acid groups (broad SMARTS) is 1. The zero-order valence-electron chi connectivity index (χ0n) is 11.2. The Morgan fingerprint density at radius 3 is 2.68 bits per heavy atom. The van der Waals surface area contributed by atoms with E-state index in [0.717, 1.165) is 17.0 Å². The van der Waals surface area contributed by atoms with Crippen LogP contribution in [0.1, 0.15) is 30.4 Å². The fourth-order valence-electron chi connectivity index (χ4n) is 1.58. The number of rotatable bonds is 7. The van der Waals surface area contributed by atoms with Gasteiger partial charge >= 0.3 is 5.97 Å². The van der Waals surface area contributed by atoms with E-state index in [9.17, 15) is 9.59 Å². The molecule has 1 unspecified atom stereocenters. The average Bonchev–Trinajstić information content (AvgIpc) is 2.59. The second-order valence-electron chi connectivity index (χ2n) is 4.36. The van der Waals surface area contributed by atoms with Gasteiger partial charge in [-0.3, -0.25) is 9.59 Å². The van der Waals surface area contributed by atoms with E-state index in [2.05, 4.69) is 10.5 Å². The van der Waals surface area contributed by atoms with Gasteiger partial charge in [0.1, 0.15) is 5.76 Å². The van der Waals surface area contributed by atoms with Crippen LogP contribution in [0.15, 0.2) is 4.52 Å². The average molecular weight is 286 g/mol. The SMILES string of the molecule is Cc1noc(C)c1CSCC(=O)NC(C)CC(=O)O. The first kappa shape index (κ1) is 15.6. The summed E-state index contributed by atoms with van der Waals surface area (Å²) in [5, 5.41) is 15.1. The van der Waals surface area contributed by atoms with Crippen molar-refractivity contribution in [2.24, 2.45) is 0 Å². The van der Waals surface area contributed by atoms with Crippen LogP contribution < -0.4 is 5.32 Å². The van der Waals surface area contributed by atoms with E-state index in [1.807, 2.05) is 13.8 Å². The number of carbonyl (C=O) groups excluding carboxylic acids is 1. The summed E-state index contributed by atoms with van der Waals surface area (Å²) in [5.41, 5.74) is 1.85. The molecule has 0 fully saturated rings. The maximum absolute atomic E-state index is 11.6. The second kappa shape index (κ2) is 7.18. The van der Waals surface area contributed by atoms with Gasteiger partial charge in [0.25, 0.3) is 0 Å². The molecule has 0 saturated carbocycles. The Morgan fingerprint density at radius 2 is 2.16 bits per heavy atom. The van der Waals surface area contributed by atoms with Gasteiger partial charge in [-0.05, 0) is 20.8 Å². The monoisotopic (exact) mass is 286 g/mol. The normalized spacial score (nSPS) is 12.2. The molecule has 1 atom stereocenters. The maximum atomic E-state index is 11.6. The van der Waals surface area contributed by atoms with Crippen LogP contribution >= 0.6 is 11.8 Å². The maximum Gasteiger partial charge on any atom is 0.305 e. The van der Waals surface area contributed by atoms with Crippen LogP contribution in [-0.2, 0) is 15.3 Å². The Morgan fingerprint density at radius 1 is 1.47 bits per heavy atom. The van der Waals surface area contributed by atoms with Gasteiger partial charge < -0.3 is 14.9 Å². The third-order valence-corrected chi connectivity index (χ3v) is 3.51. The first-order valence-corrected chi connectivity index (χ1v) is 7.06. The fourth-order valence-corrected chi connectivity index (χ4v) is 2.57. The third kappa shape index (κ3) is 5.34. The van der Waals surface area contributed by atoms with Crippen molar-refractivity contribution < 1.29 is 19.2 Å². The predicted molar refractivity (Wildman–Crippen MR) is 72.0 cm³/mol. The quantitative estimate of drug-likeness (QED) is 0.789. The number of aryl methyl sites for hydroxylation is 2. The summed E-state index contributed by atoms with van der Waals surface area (Å²) >= 11 is 1.45. The van der Waals surface area contributed by atoms with Crippen LogP contribution in [0.3, 0.4) is 0 Å². The van der Waals surface area contributed by atoms with Crippen molar-refractivity contribution >= 4 is 23.6 Å². The number of aromatic nitrogens is 1. The molecule has 0 saturated heterocycles. The first-order valence-electron chi connectivity index (χ1n) is 5.90. The highest BCUT2D eigenvalue weighted by molar-refractivity contribution is 7.99. The van der Waals surface area contributed by atoms with E-state index >= 15 is 0 Å². The van der Waals surface area contributed by atoms with Crippen molar-refractivity contribution in [2.45, 2.75) is 39.0 Å². The van der Waals surface area contributed by atoms with E-state index < -0.39 is 5.97 Å². The molecule has 1 amide bonds. The molecule has 0 radical (unpaired) electrons. The third-order valence-electron chi connectivity index (χ3n) is 2.55. The molecule has 1 aromatic rings. The molecule has 19 heavy (non-hydrogen) atoms. The molecular formula is C12H18N2O4S. The molecule has 0 aliphatic heterocycles. The zero-order valence-corrected chi connectivity index (χ0v) is 12.0. The molecule has 0 aliphatic carbocycles. The highest BCUT2D eigenvalue weighted by atomic mass is 32.2. The standard InChI is InChI=1S/C12H18N2O4S/c1-7(4-12(16)17)13-11(15)6-19-5-10-8(2)14-18-9(10)3/h7H,4-6H2,1-3H3,(H,13,15)(H,16,17). The number of hydrogen-bond donors (Lipinski definition) is 2. The summed E-state index contributed by atoms with van der Waals surface area (Å²) in [4.78, 5) is 22.0. The van der Waals surface area contributed by atoms with Crippen LogP contribution in [0.4, 0.5) is 0 Å². The lowest BCUT2D eigenvalue weighted by molar-refractivity contribution is -0.137. The van der Waals surface area contributed by atoms with Crippen LogP contribution in [0.25, 0.3) is 0 Å². The molecule has 0 aliphatic rings. The van der Waals surface area contributed by atoms with Crippen molar-refractivity contribution in [3.05, 3.63) is 17.0 Å². The molecular weight excluding hydrogens is 268 g/mol. The summed E-state index contributed by atoms with van der Waals surface area (Å²) in [5.74, 6) is 0.627. The van der Waals surface area contributed by atoms with Crippen molar-refractivity contribution in [2.75, 3.05) is 5.75 Å². The van der Waals surface area contributed by atoms with Crippen molar-refractivity contribution in [3.63, 3.8) is 0 Å². The van der Waals surface area contributed by atoms with E-state index in [0.29, 0.717) is 5.75 Å². The highest BCUT2D eigenvalue weighted by Crippen LogP contribution is 2.19. The minimum absolute atomic E-state index is 0.0692. The Hall–Kier alpha value is -1.50. The Balaban J connectivity index is 2.29. The number of aliphatic carboxylic acids is 1. The fraction of sp³-hybridized carbons (Fsp3) is 0.583. The van der Waals surface area contributed by atoms with Gasteiger partial charge in [0.2, 0.25) is 5.91 Å². The number of amides is 1. The molecule has 1 rings (SSSR count). The highest BCUT2D eigenvalue weighted by Gasteiger charge is 2.12. The number of nitrogens with one attached hydrogen (secondary N) is 1. The van der Waals surface area contributed by atoms with Crippen molar-refractivity contribution in [1.82, 2.24) is 10.5 Å². The van der Waals surface area contributed by atoms with Crippen LogP contribution in [-0.4, -0.2) is 33.9 Å². The minimum Gasteiger partial charge on any atom is -0.481 e. The number of carboxylic acids is 1. The van der Waals surface area contributed by atoms with Gasteiger partial charge in [0.05, 0.1) is 17.9 Å². The largest absolute Gasteiger partial charge is 0.481 e. The van der Waals surface area contributed by atoms with E-state index in [1.165, 1.54) is 11.8 Å². The smallest absolute Gasteiger partial charge is 0.305 e. The van der Waals surface area contributed by atoms with Crippen LogP contribution in [0, 0.1) is 13.8 Å². The molecule has 0 aromatic carbocycles. The van der Waals surface area contributed by atoms with Crippen molar-refractivity contribution in [1.29, 1.82) is 0 Å². The number of carbonyl (C=O) groups is 2. The number of nitrogens with zero attached hydrogens (tertiary/aromatic N) is 1. The molecule has 7 heteroatoms. The summed E-state index contributed by atoms with van der Waals surface area (Å²) < 4.78 is 5.03. The van der Waals surface area contributed by atoms with Gasteiger partial charge in [-0.2, -0.15) is 0 Å². The molecule has 6 nitrogen and oxygen atoms in total. The van der Waals surface area contributed by atoms with Crippen LogP contribution in [0.2, 0.25) is 0 Å². The lowest BCUT2D eigenvalue weighted by Crippen LogP contribution is -2.35. The van der Waals surface area contributed by atoms with Gasteiger partial charge in [0, 0.05) is 17.4 Å². The van der Waals surface area contributed by atoms with E-state index in [-0.39, 0.29) is 24.1 Å². The molecule has 0 bridgehead atoms. The minimum atomic E-state index is -0.920. The first-order chi connectivity index (χ1) is 8.90. The molecule has 0 spiro atoms. The van der Waals surface area contributed by atoms with E-state index in [4.69, 9.17) is 9.63 Å². The Bertz CT molecular complexity index is 439. The van der Waals surface area contributed by atoms with Gasteiger partial charge in [-0.15, -0.1) is 11.8 Å². The van der Waals surface area contributed by atoms with Gasteiger partial charge in [-0.25, -0.2) is 0 Å². The Kier molecular flexibility index (Phi) is 5.88. The Labute approximate surface area is 115 Å². The zero-order chi connectivity index (χ0) is 14.4. The molecule has 106 valence electrons. The van der Waals surface area contributed by atoms with Crippen molar-refractivity contribution in [3.8, 4) is 0 Å². The molecule has 1 aromatic heterocycles. The molecule has 1 heterocycles. The summed E-state index contributed by atoms with van der Waals surface area (Å²) in [6.45, 7) is 5.37. The van der Waals surface area contributed by atoms with E-state index in [1.54, 1.807) is 6.92 Å². The summed E-state index contributed by atoms with van der Waals surface area (Å²) in [7, 11) is 0.